The van der Waals surface area contributed by atoms with Gasteiger partial charge in [-0.3, -0.25) is 4.79 Å². The predicted molar refractivity (Wildman–Crippen MR) is 80.2 cm³/mol. The Bertz CT molecular complexity index is 683. The van der Waals surface area contributed by atoms with Crippen LogP contribution in [0.2, 0.25) is 0 Å². The number of anilines is 1. The minimum absolute atomic E-state index is 0.176. The molecular weight excluding hydrogens is 322 g/mol. The van der Waals surface area contributed by atoms with Crippen molar-refractivity contribution < 1.29 is 14.7 Å². The van der Waals surface area contributed by atoms with Crippen LogP contribution in [0.5, 0.6) is 0 Å². The van der Waals surface area contributed by atoms with Crippen molar-refractivity contribution in [3.05, 3.63) is 63.6 Å². The summed E-state index contributed by atoms with van der Waals surface area (Å²) < 4.78 is 0.683. The zero-order valence-electron chi connectivity index (χ0n) is 10.7. The molecule has 5 heteroatoms. The number of nitrogens with one attached hydrogen (secondary N) is 1. The minimum atomic E-state index is -1.01. The number of aryl methyl sites for hydroxylation is 1. The van der Waals surface area contributed by atoms with Gasteiger partial charge in [0.15, 0.2) is 0 Å². The Labute approximate surface area is 124 Å². The second-order valence-electron chi connectivity index (χ2n) is 4.27. The highest BCUT2D eigenvalue weighted by molar-refractivity contribution is 9.10. The lowest BCUT2D eigenvalue weighted by molar-refractivity contribution is 0.0695. The minimum Gasteiger partial charge on any atom is -0.478 e. The van der Waals surface area contributed by atoms with E-state index < -0.39 is 5.97 Å². The van der Waals surface area contributed by atoms with Crippen LogP contribution in [0.4, 0.5) is 5.69 Å². The number of benzene rings is 2. The van der Waals surface area contributed by atoms with Gasteiger partial charge in [0.2, 0.25) is 0 Å². The summed E-state index contributed by atoms with van der Waals surface area (Å²) in [5.74, 6) is -1.31. The molecule has 2 N–H and O–H groups in total. The third-order valence-electron chi connectivity index (χ3n) is 2.84. The van der Waals surface area contributed by atoms with Gasteiger partial charge in [0, 0.05) is 10.2 Å². The molecule has 0 bridgehead atoms. The van der Waals surface area contributed by atoms with Crippen LogP contribution in [-0.4, -0.2) is 17.0 Å². The van der Waals surface area contributed by atoms with E-state index in [1.807, 2.05) is 6.07 Å². The van der Waals surface area contributed by atoms with E-state index in [1.165, 1.54) is 6.07 Å². The van der Waals surface area contributed by atoms with Crippen LogP contribution in [0, 0.1) is 6.92 Å². The van der Waals surface area contributed by atoms with Gasteiger partial charge in [-0.05, 0) is 52.7 Å². The van der Waals surface area contributed by atoms with Gasteiger partial charge in [-0.1, -0.05) is 18.2 Å². The van der Waals surface area contributed by atoms with Crippen LogP contribution in [0.15, 0.2) is 46.9 Å². The molecule has 0 aliphatic heterocycles. The molecule has 20 heavy (non-hydrogen) atoms. The Morgan fingerprint density at radius 2 is 1.80 bits per heavy atom. The van der Waals surface area contributed by atoms with Gasteiger partial charge in [-0.2, -0.15) is 0 Å². The number of amides is 1. The third kappa shape index (κ3) is 3.05. The van der Waals surface area contributed by atoms with Crippen LogP contribution in [0.3, 0.4) is 0 Å². The van der Waals surface area contributed by atoms with Gasteiger partial charge in [0.05, 0.1) is 11.1 Å². The zero-order chi connectivity index (χ0) is 14.7. The van der Waals surface area contributed by atoms with E-state index in [0.29, 0.717) is 21.3 Å². The van der Waals surface area contributed by atoms with E-state index in [4.69, 9.17) is 5.11 Å². The molecule has 0 saturated carbocycles. The average molecular weight is 334 g/mol. The van der Waals surface area contributed by atoms with Gasteiger partial charge in [-0.15, -0.1) is 0 Å². The molecule has 2 aromatic rings. The quantitative estimate of drug-likeness (QED) is 0.899. The molecule has 0 heterocycles. The Balaban J connectivity index is 2.27. The molecule has 0 aliphatic carbocycles. The summed E-state index contributed by atoms with van der Waals surface area (Å²) in [6.45, 7) is 1.71. The van der Waals surface area contributed by atoms with Crippen molar-refractivity contribution in [2.45, 2.75) is 6.92 Å². The number of aromatic carboxylic acids is 1. The fraction of sp³-hybridized carbons (Fsp3) is 0.0667. The van der Waals surface area contributed by atoms with Crippen molar-refractivity contribution in [2.75, 3.05) is 5.32 Å². The maximum Gasteiger partial charge on any atom is 0.336 e. The highest BCUT2D eigenvalue weighted by atomic mass is 79.9. The lowest BCUT2D eigenvalue weighted by Gasteiger charge is -2.09. The molecule has 0 unspecified atom stereocenters. The molecular formula is C15H12BrNO3. The van der Waals surface area contributed by atoms with Crippen LogP contribution in [0.1, 0.15) is 26.3 Å². The van der Waals surface area contributed by atoms with Gasteiger partial charge < -0.3 is 10.4 Å². The van der Waals surface area contributed by atoms with Gasteiger partial charge in [0.25, 0.3) is 5.91 Å². The van der Waals surface area contributed by atoms with Crippen LogP contribution in [-0.2, 0) is 0 Å². The zero-order valence-corrected chi connectivity index (χ0v) is 12.3. The first-order valence-corrected chi connectivity index (χ1v) is 6.68. The molecule has 4 nitrogen and oxygen atoms in total. The summed E-state index contributed by atoms with van der Waals surface area (Å²) in [5, 5.41) is 11.8. The van der Waals surface area contributed by atoms with Gasteiger partial charge in [0.1, 0.15) is 0 Å². The lowest BCUT2D eigenvalue weighted by Crippen LogP contribution is -2.13. The van der Waals surface area contributed by atoms with Crippen molar-refractivity contribution >= 4 is 33.5 Å². The van der Waals surface area contributed by atoms with E-state index in [-0.39, 0.29) is 11.5 Å². The highest BCUT2D eigenvalue weighted by Crippen LogP contribution is 2.19. The molecule has 2 rings (SSSR count). The molecule has 0 aromatic heterocycles. The van der Waals surface area contributed by atoms with E-state index in [2.05, 4.69) is 21.2 Å². The van der Waals surface area contributed by atoms with Crippen molar-refractivity contribution in [3.8, 4) is 0 Å². The first-order chi connectivity index (χ1) is 9.49. The topological polar surface area (TPSA) is 66.4 Å². The van der Waals surface area contributed by atoms with Crippen molar-refractivity contribution in [3.63, 3.8) is 0 Å². The number of carboxylic acid groups (broad SMARTS) is 1. The summed E-state index contributed by atoms with van der Waals surface area (Å²) in [6, 6.07) is 11.8. The summed E-state index contributed by atoms with van der Waals surface area (Å²) in [6.07, 6.45) is 0. The number of carbonyl (C=O) groups excluding carboxylic acids is 1. The summed E-state index contributed by atoms with van der Waals surface area (Å²) in [5.41, 5.74) is 1.77. The van der Waals surface area contributed by atoms with E-state index in [0.717, 1.165) is 0 Å². The van der Waals surface area contributed by atoms with Crippen molar-refractivity contribution in [2.24, 2.45) is 0 Å². The van der Waals surface area contributed by atoms with E-state index in [1.54, 1.807) is 37.3 Å². The van der Waals surface area contributed by atoms with Crippen molar-refractivity contribution in [1.82, 2.24) is 0 Å². The third-order valence-corrected chi connectivity index (χ3v) is 3.54. The number of carbonyl (C=O) groups is 2. The molecule has 2 aromatic carbocycles. The highest BCUT2D eigenvalue weighted by Gasteiger charge is 2.12. The second-order valence-corrected chi connectivity index (χ2v) is 5.12. The maximum absolute atomic E-state index is 12.1. The smallest absolute Gasteiger partial charge is 0.336 e. The number of carboxylic acids is 1. The molecule has 0 fully saturated rings. The van der Waals surface area contributed by atoms with Gasteiger partial charge in [-0.25, -0.2) is 4.79 Å². The van der Waals surface area contributed by atoms with Crippen LogP contribution < -0.4 is 5.32 Å². The first kappa shape index (κ1) is 14.3. The molecule has 0 atom stereocenters. The van der Waals surface area contributed by atoms with E-state index >= 15 is 0 Å². The SMILES string of the molecule is Cc1ccc(NC(=O)c2ccccc2Br)cc1C(=O)O. The Kier molecular flexibility index (Phi) is 4.20. The second kappa shape index (κ2) is 5.88. The molecule has 0 aliphatic rings. The first-order valence-electron chi connectivity index (χ1n) is 5.89. The average Bonchev–Trinajstić information content (AvgIpc) is 2.41. The monoisotopic (exact) mass is 333 g/mol. The fourth-order valence-corrected chi connectivity index (χ4v) is 2.24. The number of rotatable bonds is 3. The Morgan fingerprint density at radius 3 is 2.45 bits per heavy atom. The Morgan fingerprint density at radius 1 is 1.10 bits per heavy atom. The molecule has 102 valence electrons. The Hall–Kier alpha value is -2.14. The normalized spacial score (nSPS) is 10.1. The number of hydrogen-bond donors (Lipinski definition) is 2. The molecule has 0 saturated heterocycles. The number of hydrogen-bond acceptors (Lipinski definition) is 2. The standard InChI is InChI=1S/C15H12BrNO3/c1-9-6-7-10(8-12(9)15(19)20)17-14(18)11-4-2-3-5-13(11)16/h2-8H,1H3,(H,17,18)(H,19,20). The molecule has 0 spiro atoms. The molecule has 0 radical (unpaired) electrons. The number of halogens is 1. The summed E-state index contributed by atoms with van der Waals surface area (Å²) in [4.78, 5) is 23.2. The fourth-order valence-electron chi connectivity index (χ4n) is 1.77. The van der Waals surface area contributed by atoms with Crippen LogP contribution in [0.25, 0.3) is 0 Å². The maximum atomic E-state index is 12.1. The van der Waals surface area contributed by atoms with Crippen molar-refractivity contribution in [1.29, 1.82) is 0 Å². The van der Waals surface area contributed by atoms with Gasteiger partial charge >= 0.3 is 5.97 Å². The molecule has 1 amide bonds. The summed E-state index contributed by atoms with van der Waals surface area (Å²) >= 11 is 3.30. The van der Waals surface area contributed by atoms with Crippen LogP contribution >= 0.6 is 15.9 Å². The summed E-state index contributed by atoms with van der Waals surface area (Å²) in [7, 11) is 0. The van der Waals surface area contributed by atoms with E-state index in [9.17, 15) is 9.59 Å². The lowest BCUT2D eigenvalue weighted by atomic mass is 10.1. The predicted octanol–water partition coefficient (Wildman–Crippen LogP) is 3.71. The largest absolute Gasteiger partial charge is 0.478 e.